The SMILES string of the molecule is O=S1O[C@H]2[C@@H](OCc3ccccc3)[C@H](OCc3ccccc3)[C@@H](COCc3ccccc3)C[C@H]2O1. The lowest BCUT2D eigenvalue weighted by atomic mass is 9.81. The van der Waals surface area contributed by atoms with Gasteiger partial charge in [-0.3, -0.25) is 8.37 Å². The highest BCUT2D eigenvalue weighted by molar-refractivity contribution is 7.75. The molecule has 7 heteroatoms. The summed E-state index contributed by atoms with van der Waals surface area (Å²) in [6.07, 6.45) is -0.941. The summed E-state index contributed by atoms with van der Waals surface area (Å²) in [5, 5.41) is 0. The molecule has 0 bridgehead atoms. The zero-order valence-corrected chi connectivity index (χ0v) is 20.3. The molecule has 0 amide bonds. The van der Waals surface area contributed by atoms with Gasteiger partial charge in [-0.2, -0.15) is 4.21 Å². The summed E-state index contributed by atoms with van der Waals surface area (Å²) in [7, 11) is 0. The topological polar surface area (TPSA) is 63.2 Å². The first kappa shape index (κ1) is 24.3. The Hall–Kier alpha value is -2.39. The van der Waals surface area contributed by atoms with Gasteiger partial charge in [-0.1, -0.05) is 91.0 Å². The van der Waals surface area contributed by atoms with E-state index in [-0.39, 0.29) is 18.1 Å². The largest absolute Gasteiger partial charge is 0.376 e. The highest BCUT2D eigenvalue weighted by atomic mass is 32.2. The summed E-state index contributed by atoms with van der Waals surface area (Å²) >= 11 is -1.79. The van der Waals surface area contributed by atoms with Crippen LogP contribution in [0.15, 0.2) is 91.0 Å². The molecule has 1 unspecified atom stereocenters. The lowest BCUT2D eigenvalue weighted by molar-refractivity contribution is -0.183. The Morgan fingerprint density at radius 1 is 0.686 bits per heavy atom. The Balaban J connectivity index is 1.33. The van der Waals surface area contributed by atoms with E-state index in [1.807, 2.05) is 91.0 Å². The van der Waals surface area contributed by atoms with E-state index in [0.29, 0.717) is 32.8 Å². The number of rotatable bonds is 10. The maximum atomic E-state index is 12.2. The number of fused-ring (bicyclic) bond motifs is 1. The van der Waals surface area contributed by atoms with Crippen LogP contribution in [0, 0.1) is 5.92 Å². The van der Waals surface area contributed by atoms with Crippen LogP contribution in [0.25, 0.3) is 0 Å². The van der Waals surface area contributed by atoms with E-state index < -0.39 is 23.6 Å². The van der Waals surface area contributed by atoms with Crippen LogP contribution >= 0.6 is 0 Å². The average Bonchev–Trinajstić information content (AvgIpc) is 3.28. The smallest absolute Gasteiger partial charge is 0.305 e. The Kier molecular flexibility index (Phi) is 8.36. The Morgan fingerprint density at radius 3 is 1.77 bits per heavy atom. The minimum atomic E-state index is -1.79. The first-order valence-corrected chi connectivity index (χ1v) is 12.9. The zero-order valence-electron chi connectivity index (χ0n) is 19.4. The van der Waals surface area contributed by atoms with Gasteiger partial charge in [0.1, 0.15) is 18.3 Å². The van der Waals surface area contributed by atoms with Crippen molar-refractivity contribution in [2.75, 3.05) is 6.61 Å². The molecule has 2 aliphatic rings. The molecule has 1 heterocycles. The quantitative estimate of drug-likeness (QED) is 0.405. The summed E-state index contributed by atoms with van der Waals surface area (Å²) in [6.45, 7) is 1.81. The van der Waals surface area contributed by atoms with Crippen molar-refractivity contribution in [3.63, 3.8) is 0 Å². The fraction of sp³-hybridized carbons (Fsp3) is 0.357. The first-order valence-electron chi connectivity index (χ1n) is 11.9. The van der Waals surface area contributed by atoms with Crippen molar-refractivity contribution in [2.45, 2.75) is 50.7 Å². The molecule has 0 radical (unpaired) electrons. The van der Waals surface area contributed by atoms with Gasteiger partial charge in [0.05, 0.1) is 32.5 Å². The van der Waals surface area contributed by atoms with Crippen LogP contribution in [-0.4, -0.2) is 35.2 Å². The summed E-state index contributed by atoms with van der Waals surface area (Å²) in [6, 6.07) is 30.1. The Morgan fingerprint density at radius 2 is 1.20 bits per heavy atom. The molecule has 0 N–H and O–H groups in total. The van der Waals surface area contributed by atoms with Crippen LogP contribution in [0.5, 0.6) is 0 Å². The fourth-order valence-electron chi connectivity index (χ4n) is 4.68. The van der Waals surface area contributed by atoms with Crippen LogP contribution in [0.2, 0.25) is 0 Å². The molecule has 6 atom stereocenters. The molecule has 3 aromatic carbocycles. The molecule has 1 aliphatic carbocycles. The van der Waals surface area contributed by atoms with E-state index in [9.17, 15) is 4.21 Å². The monoisotopic (exact) mass is 494 g/mol. The Labute approximate surface area is 209 Å². The van der Waals surface area contributed by atoms with Gasteiger partial charge in [0, 0.05) is 5.92 Å². The van der Waals surface area contributed by atoms with E-state index in [1.165, 1.54) is 0 Å². The molecule has 5 rings (SSSR count). The van der Waals surface area contributed by atoms with Gasteiger partial charge in [0.25, 0.3) is 0 Å². The summed E-state index contributed by atoms with van der Waals surface area (Å²) in [5.74, 6) is -0.0110. The van der Waals surface area contributed by atoms with E-state index in [0.717, 1.165) is 16.7 Å². The molecular formula is C28H30O6S. The molecule has 0 spiro atoms. The molecular weight excluding hydrogens is 464 g/mol. The van der Waals surface area contributed by atoms with E-state index in [2.05, 4.69) is 0 Å². The third-order valence-corrected chi connectivity index (χ3v) is 7.20. The number of hydrogen-bond acceptors (Lipinski definition) is 6. The van der Waals surface area contributed by atoms with Gasteiger partial charge in [0.15, 0.2) is 0 Å². The van der Waals surface area contributed by atoms with Gasteiger partial charge in [-0.25, -0.2) is 0 Å². The van der Waals surface area contributed by atoms with Crippen molar-refractivity contribution in [3.8, 4) is 0 Å². The second-order valence-electron chi connectivity index (χ2n) is 8.92. The van der Waals surface area contributed by atoms with Crippen LogP contribution in [0.4, 0.5) is 0 Å². The third kappa shape index (κ3) is 6.44. The Bertz CT molecular complexity index is 1060. The van der Waals surface area contributed by atoms with Crippen molar-refractivity contribution >= 4 is 11.4 Å². The van der Waals surface area contributed by atoms with E-state index in [4.69, 9.17) is 22.6 Å². The van der Waals surface area contributed by atoms with Crippen LogP contribution in [0.3, 0.4) is 0 Å². The lowest BCUT2D eigenvalue weighted by Crippen LogP contribution is -2.55. The van der Waals surface area contributed by atoms with Crippen molar-refractivity contribution in [3.05, 3.63) is 108 Å². The van der Waals surface area contributed by atoms with Crippen molar-refractivity contribution in [1.29, 1.82) is 0 Å². The number of hydrogen-bond donors (Lipinski definition) is 0. The standard InChI is InChI=1S/C28H30O6S/c29-35-33-25-16-24(20-30-17-21-10-4-1-5-11-21)26(31-18-22-12-6-2-7-13-22)28(27(25)34-35)32-19-23-14-8-3-9-15-23/h1-15,24-28H,16-20H2/t24-,25-,26-,27-,28+,35?/m1/s1. The molecule has 184 valence electrons. The lowest BCUT2D eigenvalue weighted by Gasteiger charge is -2.41. The zero-order chi connectivity index (χ0) is 23.9. The van der Waals surface area contributed by atoms with E-state index >= 15 is 0 Å². The predicted molar refractivity (Wildman–Crippen MR) is 132 cm³/mol. The van der Waals surface area contributed by atoms with Gasteiger partial charge in [-0.15, -0.1) is 0 Å². The van der Waals surface area contributed by atoms with Crippen LogP contribution in [-0.2, 0) is 53.8 Å². The van der Waals surface area contributed by atoms with Crippen molar-refractivity contribution in [1.82, 2.24) is 0 Å². The van der Waals surface area contributed by atoms with E-state index in [1.54, 1.807) is 0 Å². The average molecular weight is 495 g/mol. The molecule has 3 aromatic rings. The molecule has 1 saturated carbocycles. The first-order chi connectivity index (χ1) is 17.3. The molecule has 0 aromatic heterocycles. The highest BCUT2D eigenvalue weighted by Crippen LogP contribution is 2.38. The van der Waals surface area contributed by atoms with Crippen LogP contribution < -0.4 is 0 Å². The second-order valence-corrected chi connectivity index (χ2v) is 9.71. The summed E-state index contributed by atoms with van der Waals surface area (Å²) in [4.78, 5) is 0. The summed E-state index contributed by atoms with van der Waals surface area (Å²) < 4.78 is 42.5. The normalized spacial score (nSPS) is 28.0. The molecule has 2 fully saturated rings. The molecule has 1 aliphatic heterocycles. The highest BCUT2D eigenvalue weighted by Gasteiger charge is 2.52. The van der Waals surface area contributed by atoms with Crippen LogP contribution in [0.1, 0.15) is 23.1 Å². The molecule has 6 nitrogen and oxygen atoms in total. The van der Waals surface area contributed by atoms with Gasteiger partial charge >= 0.3 is 11.4 Å². The van der Waals surface area contributed by atoms with Gasteiger partial charge in [0.2, 0.25) is 0 Å². The summed E-state index contributed by atoms with van der Waals surface area (Å²) in [5.41, 5.74) is 3.24. The minimum Gasteiger partial charge on any atom is -0.376 e. The minimum absolute atomic E-state index is 0.0110. The fourth-order valence-corrected chi connectivity index (χ4v) is 5.53. The van der Waals surface area contributed by atoms with Crippen molar-refractivity contribution in [2.24, 2.45) is 5.92 Å². The predicted octanol–water partition coefficient (Wildman–Crippen LogP) is 4.76. The van der Waals surface area contributed by atoms with Crippen molar-refractivity contribution < 1.29 is 26.8 Å². The number of ether oxygens (including phenoxy) is 3. The maximum Gasteiger partial charge on any atom is 0.305 e. The molecule has 1 saturated heterocycles. The maximum absolute atomic E-state index is 12.2. The van der Waals surface area contributed by atoms with Gasteiger partial charge in [-0.05, 0) is 23.1 Å². The molecule has 35 heavy (non-hydrogen) atoms. The number of benzene rings is 3. The second kappa shape index (κ2) is 12.0. The third-order valence-electron chi connectivity index (χ3n) is 6.42. The van der Waals surface area contributed by atoms with Gasteiger partial charge < -0.3 is 14.2 Å².